The van der Waals surface area contributed by atoms with Crippen molar-refractivity contribution in [3.05, 3.63) is 125 Å². The Balaban J connectivity index is 1.78. The topological polar surface area (TPSA) is 96.0 Å². The highest BCUT2D eigenvalue weighted by atomic mass is 32.2. The van der Waals surface area contributed by atoms with Gasteiger partial charge in [-0.05, 0) is 74.7 Å². The van der Waals surface area contributed by atoms with Crippen LogP contribution in [0.5, 0.6) is 5.75 Å². The second kappa shape index (κ2) is 16.8. The van der Waals surface area contributed by atoms with E-state index in [4.69, 9.17) is 4.74 Å². The number of sulfonamides is 1. The smallest absolute Gasteiger partial charge is 0.264 e. The summed E-state index contributed by atoms with van der Waals surface area (Å²) in [5.41, 5.74) is 4.01. The molecular formula is C38H45N3O5S. The zero-order valence-electron chi connectivity index (χ0n) is 27.7. The molecule has 0 aromatic heterocycles. The maximum absolute atomic E-state index is 14.6. The number of benzene rings is 4. The number of amides is 2. The fourth-order valence-electron chi connectivity index (χ4n) is 5.19. The molecule has 4 aromatic rings. The number of hydrogen-bond donors (Lipinski definition) is 1. The van der Waals surface area contributed by atoms with E-state index >= 15 is 0 Å². The first-order chi connectivity index (χ1) is 22.6. The fourth-order valence-corrected chi connectivity index (χ4v) is 6.61. The molecule has 0 aliphatic carbocycles. The predicted molar refractivity (Wildman–Crippen MR) is 187 cm³/mol. The van der Waals surface area contributed by atoms with E-state index in [1.165, 1.54) is 4.90 Å². The quantitative estimate of drug-likeness (QED) is 0.140. The van der Waals surface area contributed by atoms with Crippen molar-refractivity contribution in [2.75, 3.05) is 24.0 Å². The second-order valence-electron chi connectivity index (χ2n) is 11.6. The zero-order chi connectivity index (χ0) is 33.8. The molecule has 0 aliphatic heterocycles. The number of anilines is 1. The molecular weight excluding hydrogens is 611 g/mol. The van der Waals surface area contributed by atoms with E-state index in [1.54, 1.807) is 48.5 Å². The van der Waals surface area contributed by atoms with E-state index in [-0.39, 0.29) is 23.8 Å². The first-order valence-electron chi connectivity index (χ1n) is 16.1. The van der Waals surface area contributed by atoms with Crippen molar-refractivity contribution >= 4 is 27.5 Å². The van der Waals surface area contributed by atoms with Gasteiger partial charge in [-0.15, -0.1) is 0 Å². The van der Waals surface area contributed by atoms with Crippen LogP contribution >= 0.6 is 0 Å². The molecule has 8 nitrogen and oxygen atoms in total. The van der Waals surface area contributed by atoms with E-state index in [9.17, 15) is 18.0 Å². The molecule has 0 unspecified atom stereocenters. The van der Waals surface area contributed by atoms with Crippen LogP contribution in [0.3, 0.4) is 0 Å². The van der Waals surface area contributed by atoms with Gasteiger partial charge in [0.15, 0.2) is 0 Å². The molecule has 0 aliphatic rings. The summed E-state index contributed by atoms with van der Waals surface area (Å²) in [4.78, 5) is 30.0. The molecule has 4 aromatic carbocycles. The van der Waals surface area contributed by atoms with Crippen molar-refractivity contribution in [3.63, 3.8) is 0 Å². The SMILES string of the molecule is CCCCNC(=O)[C@H](Cc1ccccc1)N(Cc1ccc(C)cc1)C(=O)CN(c1ccc(OCC)cc1)S(=O)(=O)c1ccc(C)cc1. The van der Waals surface area contributed by atoms with Gasteiger partial charge in [-0.2, -0.15) is 0 Å². The lowest BCUT2D eigenvalue weighted by molar-refractivity contribution is -0.140. The van der Waals surface area contributed by atoms with Crippen LogP contribution in [0.25, 0.3) is 0 Å². The summed E-state index contributed by atoms with van der Waals surface area (Å²) in [5.74, 6) is -0.193. The largest absolute Gasteiger partial charge is 0.494 e. The Morgan fingerprint density at radius 1 is 0.787 bits per heavy atom. The fraction of sp³-hybridized carbons (Fsp3) is 0.316. The molecule has 2 amide bonds. The lowest BCUT2D eigenvalue weighted by atomic mass is 10.0. The van der Waals surface area contributed by atoms with Crippen molar-refractivity contribution in [2.24, 2.45) is 0 Å². The molecule has 9 heteroatoms. The van der Waals surface area contributed by atoms with Crippen LogP contribution in [0, 0.1) is 13.8 Å². The van der Waals surface area contributed by atoms with E-state index in [0.717, 1.165) is 39.4 Å². The summed E-state index contributed by atoms with van der Waals surface area (Å²) in [6.45, 7) is 8.33. The lowest BCUT2D eigenvalue weighted by Crippen LogP contribution is -2.53. The van der Waals surface area contributed by atoms with E-state index in [0.29, 0.717) is 24.6 Å². The highest BCUT2D eigenvalue weighted by Gasteiger charge is 2.34. The predicted octanol–water partition coefficient (Wildman–Crippen LogP) is 6.45. The van der Waals surface area contributed by atoms with Gasteiger partial charge >= 0.3 is 0 Å². The maximum Gasteiger partial charge on any atom is 0.264 e. The average Bonchev–Trinajstić information content (AvgIpc) is 3.07. The maximum atomic E-state index is 14.6. The third-order valence-corrected chi connectivity index (χ3v) is 9.69. The van der Waals surface area contributed by atoms with Gasteiger partial charge in [0, 0.05) is 19.5 Å². The Labute approximate surface area is 279 Å². The number of ether oxygens (including phenoxy) is 1. The van der Waals surface area contributed by atoms with Crippen LogP contribution in [0.1, 0.15) is 48.9 Å². The van der Waals surface area contributed by atoms with Gasteiger partial charge in [0.2, 0.25) is 11.8 Å². The highest BCUT2D eigenvalue weighted by molar-refractivity contribution is 7.92. The molecule has 0 radical (unpaired) electrons. The summed E-state index contributed by atoms with van der Waals surface area (Å²) in [6.07, 6.45) is 1.98. The monoisotopic (exact) mass is 655 g/mol. The summed E-state index contributed by atoms with van der Waals surface area (Å²) in [5, 5.41) is 3.02. The van der Waals surface area contributed by atoms with Crippen LogP contribution in [-0.2, 0) is 32.6 Å². The third-order valence-electron chi connectivity index (χ3n) is 7.90. The number of aryl methyl sites for hydroxylation is 2. The number of unbranched alkanes of at least 4 members (excludes halogenated alkanes) is 1. The Morgan fingerprint density at radius 3 is 2.00 bits per heavy atom. The van der Waals surface area contributed by atoms with Gasteiger partial charge in [0.25, 0.3) is 10.0 Å². The third kappa shape index (κ3) is 9.68. The van der Waals surface area contributed by atoms with Crippen molar-refractivity contribution in [1.82, 2.24) is 10.2 Å². The normalized spacial score (nSPS) is 11.8. The summed E-state index contributed by atoms with van der Waals surface area (Å²) in [6, 6.07) is 29.6. The van der Waals surface area contributed by atoms with Crippen LogP contribution in [-0.4, -0.2) is 50.9 Å². The van der Waals surface area contributed by atoms with Gasteiger partial charge in [-0.25, -0.2) is 8.42 Å². The standard InChI is InChI=1S/C38H45N3O5S/c1-5-7-25-39-38(43)36(26-31-11-9-8-10-12-31)40(27-32-17-13-29(3)14-18-32)37(42)28-41(33-19-21-34(22-20-33)46-6-2)47(44,45)35-23-15-30(4)16-24-35/h8-24,36H,5-7,25-28H2,1-4H3,(H,39,43)/t36-/m0/s1. The Morgan fingerprint density at radius 2 is 1.40 bits per heavy atom. The molecule has 1 atom stereocenters. The van der Waals surface area contributed by atoms with Crippen molar-refractivity contribution in [3.8, 4) is 5.75 Å². The molecule has 4 rings (SSSR count). The minimum Gasteiger partial charge on any atom is -0.494 e. The number of nitrogens with one attached hydrogen (secondary N) is 1. The van der Waals surface area contributed by atoms with E-state index in [2.05, 4.69) is 5.32 Å². The Bertz CT molecular complexity index is 1690. The Kier molecular flexibility index (Phi) is 12.6. The van der Waals surface area contributed by atoms with Gasteiger partial charge in [0.1, 0.15) is 18.3 Å². The number of hydrogen-bond acceptors (Lipinski definition) is 5. The highest BCUT2D eigenvalue weighted by Crippen LogP contribution is 2.27. The molecule has 0 spiro atoms. The van der Waals surface area contributed by atoms with Crippen LogP contribution in [0.15, 0.2) is 108 Å². The van der Waals surface area contributed by atoms with Crippen molar-refractivity contribution < 1.29 is 22.7 Å². The molecule has 1 N–H and O–H groups in total. The molecule has 0 heterocycles. The second-order valence-corrected chi connectivity index (χ2v) is 13.5. The number of carbonyl (C=O) groups excluding carboxylic acids is 2. The minimum absolute atomic E-state index is 0.0630. The number of rotatable bonds is 16. The molecule has 0 bridgehead atoms. The van der Waals surface area contributed by atoms with Gasteiger partial charge in [-0.1, -0.05) is 91.2 Å². The Hall–Kier alpha value is -4.63. The molecule has 0 saturated heterocycles. The first kappa shape index (κ1) is 35.2. The summed E-state index contributed by atoms with van der Waals surface area (Å²) < 4.78 is 35.1. The molecule has 47 heavy (non-hydrogen) atoms. The average molecular weight is 656 g/mol. The number of carbonyl (C=O) groups is 2. The van der Waals surface area contributed by atoms with E-state index in [1.807, 2.05) is 82.3 Å². The van der Waals surface area contributed by atoms with Crippen LogP contribution in [0.4, 0.5) is 5.69 Å². The lowest BCUT2D eigenvalue weighted by Gasteiger charge is -2.34. The minimum atomic E-state index is -4.18. The first-order valence-corrected chi connectivity index (χ1v) is 17.5. The molecule has 0 saturated carbocycles. The van der Waals surface area contributed by atoms with Crippen molar-refractivity contribution in [2.45, 2.75) is 64.4 Å². The van der Waals surface area contributed by atoms with Crippen LogP contribution < -0.4 is 14.4 Å². The zero-order valence-corrected chi connectivity index (χ0v) is 28.5. The number of nitrogens with zero attached hydrogens (tertiary/aromatic N) is 2. The molecule has 0 fully saturated rings. The van der Waals surface area contributed by atoms with Gasteiger partial charge in [-0.3, -0.25) is 13.9 Å². The van der Waals surface area contributed by atoms with Crippen LogP contribution in [0.2, 0.25) is 0 Å². The van der Waals surface area contributed by atoms with Crippen molar-refractivity contribution in [1.29, 1.82) is 0 Å². The molecule has 248 valence electrons. The van der Waals surface area contributed by atoms with Gasteiger partial charge < -0.3 is 15.0 Å². The summed E-state index contributed by atoms with van der Waals surface area (Å²) in [7, 11) is -4.18. The van der Waals surface area contributed by atoms with Gasteiger partial charge in [0.05, 0.1) is 17.2 Å². The van der Waals surface area contributed by atoms with E-state index < -0.39 is 28.5 Å². The summed E-state index contributed by atoms with van der Waals surface area (Å²) >= 11 is 0.